The molecule has 0 bridgehead atoms. The Hall–Kier alpha value is -0.340. The minimum Gasteiger partial charge on any atom is -0.380 e. The molecule has 0 saturated carbocycles. The van der Waals surface area contributed by atoms with Crippen molar-refractivity contribution in [2.45, 2.75) is 26.7 Å². The van der Waals surface area contributed by atoms with Crippen molar-refractivity contribution in [2.24, 2.45) is 0 Å². The second-order valence-electron chi connectivity index (χ2n) is 2.72. The molecule has 0 aromatic carbocycles. The van der Waals surface area contributed by atoms with Crippen LogP contribution in [0.4, 0.5) is 0 Å². The third-order valence-electron chi connectivity index (χ3n) is 1.50. The first-order chi connectivity index (χ1) is 5.91. The lowest BCUT2D eigenvalue weighted by Crippen LogP contribution is -2.20. The Morgan fingerprint density at radius 2 is 2.08 bits per heavy atom. The molecular weight excluding hydrogens is 150 g/mol. The van der Waals surface area contributed by atoms with E-state index in [4.69, 9.17) is 4.74 Å². The smallest absolute Gasteiger partial charge is 0.0590 e. The van der Waals surface area contributed by atoms with E-state index in [-0.39, 0.29) is 0 Å². The van der Waals surface area contributed by atoms with Gasteiger partial charge in [-0.1, -0.05) is 19.1 Å². The lowest BCUT2D eigenvalue weighted by Gasteiger charge is -2.03. The zero-order valence-electron chi connectivity index (χ0n) is 8.31. The Morgan fingerprint density at radius 3 is 2.75 bits per heavy atom. The lowest BCUT2D eigenvalue weighted by atomic mass is 10.4. The summed E-state index contributed by atoms with van der Waals surface area (Å²) >= 11 is 0. The number of allylic oxidation sites excluding steroid dienone is 1. The Labute approximate surface area is 76.0 Å². The number of rotatable bonds is 8. The molecule has 0 rings (SSSR count). The predicted molar refractivity (Wildman–Crippen MR) is 53.4 cm³/mol. The van der Waals surface area contributed by atoms with Gasteiger partial charge in [0.2, 0.25) is 0 Å². The van der Waals surface area contributed by atoms with Crippen molar-refractivity contribution >= 4 is 0 Å². The first kappa shape index (κ1) is 11.7. The highest BCUT2D eigenvalue weighted by atomic mass is 16.5. The van der Waals surface area contributed by atoms with E-state index in [0.29, 0.717) is 0 Å². The van der Waals surface area contributed by atoms with Gasteiger partial charge in [-0.25, -0.2) is 0 Å². The summed E-state index contributed by atoms with van der Waals surface area (Å²) in [5, 5.41) is 3.30. The van der Waals surface area contributed by atoms with Gasteiger partial charge in [0.1, 0.15) is 0 Å². The fraction of sp³-hybridized carbons (Fsp3) is 0.800. The van der Waals surface area contributed by atoms with Gasteiger partial charge < -0.3 is 10.1 Å². The molecule has 0 aromatic heterocycles. The average molecular weight is 171 g/mol. The zero-order chi connectivity index (χ0) is 9.07. The van der Waals surface area contributed by atoms with Gasteiger partial charge in [-0.05, 0) is 26.3 Å². The van der Waals surface area contributed by atoms with Gasteiger partial charge >= 0.3 is 0 Å². The second-order valence-corrected chi connectivity index (χ2v) is 2.72. The minimum atomic E-state index is 0.837. The molecule has 1 N–H and O–H groups in total. The van der Waals surface area contributed by atoms with Crippen molar-refractivity contribution in [3.8, 4) is 0 Å². The summed E-state index contributed by atoms with van der Waals surface area (Å²) < 4.78 is 5.31. The molecule has 0 atom stereocenters. The van der Waals surface area contributed by atoms with Crippen LogP contribution in [0.15, 0.2) is 12.2 Å². The third kappa shape index (κ3) is 9.66. The average Bonchev–Trinajstić information content (AvgIpc) is 2.10. The highest BCUT2D eigenvalue weighted by molar-refractivity contribution is 4.77. The van der Waals surface area contributed by atoms with E-state index in [1.54, 1.807) is 0 Å². The van der Waals surface area contributed by atoms with Crippen molar-refractivity contribution in [1.29, 1.82) is 0 Å². The van der Waals surface area contributed by atoms with E-state index >= 15 is 0 Å². The van der Waals surface area contributed by atoms with Crippen LogP contribution in [0.1, 0.15) is 26.7 Å². The molecule has 0 saturated heterocycles. The Bertz CT molecular complexity index is 102. The molecule has 2 heteroatoms. The van der Waals surface area contributed by atoms with Crippen molar-refractivity contribution < 1.29 is 4.74 Å². The quantitative estimate of drug-likeness (QED) is 0.445. The molecule has 0 aliphatic heterocycles. The molecule has 0 aliphatic carbocycles. The van der Waals surface area contributed by atoms with Gasteiger partial charge in [0.05, 0.1) is 6.61 Å². The zero-order valence-corrected chi connectivity index (χ0v) is 8.31. The SMILES string of the molecule is C/C=C/CCNCCOCCC. The van der Waals surface area contributed by atoms with Crippen LogP contribution >= 0.6 is 0 Å². The van der Waals surface area contributed by atoms with Crippen molar-refractivity contribution in [1.82, 2.24) is 5.32 Å². The van der Waals surface area contributed by atoms with Gasteiger partial charge in [-0.3, -0.25) is 0 Å². The largest absolute Gasteiger partial charge is 0.380 e. The summed E-state index contributed by atoms with van der Waals surface area (Å²) in [6.45, 7) is 7.92. The van der Waals surface area contributed by atoms with E-state index in [2.05, 4.69) is 24.4 Å². The Morgan fingerprint density at radius 1 is 1.25 bits per heavy atom. The number of hydrogen-bond donors (Lipinski definition) is 1. The highest BCUT2D eigenvalue weighted by Crippen LogP contribution is 1.80. The molecule has 72 valence electrons. The van der Waals surface area contributed by atoms with Crippen LogP contribution in [0.2, 0.25) is 0 Å². The van der Waals surface area contributed by atoms with Gasteiger partial charge in [-0.2, -0.15) is 0 Å². The number of hydrogen-bond acceptors (Lipinski definition) is 2. The summed E-state index contributed by atoms with van der Waals surface area (Å²) in [6, 6.07) is 0. The molecule has 12 heavy (non-hydrogen) atoms. The molecule has 0 heterocycles. The summed E-state index contributed by atoms with van der Waals surface area (Å²) in [6.07, 6.45) is 6.47. The molecule has 0 amide bonds. The van der Waals surface area contributed by atoms with Crippen LogP contribution in [-0.4, -0.2) is 26.3 Å². The first-order valence-electron chi connectivity index (χ1n) is 4.81. The van der Waals surface area contributed by atoms with Crippen LogP contribution in [0.5, 0.6) is 0 Å². The standard InChI is InChI=1S/C10H21NO/c1-3-5-6-7-11-8-10-12-9-4-2/h3,5,11H,4,6-10H2,1-2H3/b5-3+. The first-order valence-corrected chi connectivity index (χ1v) is 4.81. The van der Waals surface area contributed by atoms with E-state index in [1.807, 2.05) is 6.92 Å². The van der Waals surface area contributed by atoms with Crippen LogP contribution in [0.25, 0.3) is 0 Å². The topological polar surface area (TPSA) is 21.3 Å². The summed E-state index contributed by atoms with van der Waals surface area (Å²) in [5.74, 6) is 0. The fourth-order valence-electron chi connectivity index (χ4n) is 0.868. The molecule has 0 radical (unpaired) electrons. The molecule has 0 unspecified atom stereocenters. The molecule has 2 nitrogen and oxygen atoms in total. The van der Waals surface area contributed by atoms with E-state index in [1.165, 1.54) is 0 Å². The number of nitrogens with one attached hydrogen (secondary N) is 1. The van der Waals surface area contributed by atoms with Gasteiger partial charge in [0.15, 0.2) is 0 Å². The predicted octanol–water partition coefficient (Wildman–Crippen LogP) is 1.97. The molecule has 0 fully saturated rings. The Balaban J connectivity index is 2.81. The summed E-state index contributed by atoms with van der Waals surface area (Å²) in [4.78, 5) is 0. The van der Waals surface area contributed by atoms with Crippen LogP contribution in [0.3, 0.4) is 0 Å². The van der Waals surface area contributed by atoms with Crippen LogP contribution in [-0.2, 0) is 4.74 Å². The monoisotopic (exact) mass is 171 g/mol. The van der Waals surface area contributed by atoms with E-state index < -0.39 is 0 Å². The molecule has 0 spiro atoms. The van der Waals surface area contributed by atoms with Crippen molar-refractivity contribution in [3.63, 3.8) is 0 Å². The molecule has 0 aromatic rings. The van der Waals surface area contributed by atoms with E-state index in [9.17, 15) is 0 Å². The fourth-order valence-corrected chi connectivity index (χ4v) is 0.868. The van der Waals surface area contributed by atoms with Gasteiger partial charge in [-0.15, -0.1) is 0 Å². The summed E-state index contributed by atoms with van der Waals surface area (Å²) in [7, 11) is 0. The van der Waals surface area contributed by atoms with E-state index in [0.717, 1.165) is 39.1 Å². The highest BCUT2D eigenvalue weighted by Gasteiger charge is 1.85. The maximum atomic E-state index is 5.31. The van der Waals surface area contributed by atoms with Crippen molar-refractivity contribution in [3.05, 3.63) is 12.2 Å². The maximum Gasteiger partial charge on any atom is 0.0590 e. The normalized spacial score (nSPS) is 11.2. The van der Waals surface area contributed by atoms with Gasteiger partial charge in [0, 0.05) is 13.2 Å². The third-order valence-corrected chi connectivity index (χ3v) is 1.50. The molecule has 0 aliphatic rings. The minimum absolute atomic E-state index is 0.837. The van der Waals surface area contributed by atoms with Crippen LogP contribution < -0.4 is 5.32 Å². The summed E-state index contributed by atoms with van der Waals surface area (Å²) in [5.41, 5.74) is 0. The lowest BCUT2D eigenvalue weighted by molar-refractivity contribution is 0.137. The number of ether oxygens (including phenoxy) is 1. The molecular formula is C10H21NO. The second kappa shape index (κ2) is 10.7. The van der Waals surface area contributed by atoms with Crippen LogP contribution in [0, 0.1) is 0 Å². The maximum absolute atomic E-state index is 5.31. The Kier molecular flexibility index (Phi) is 10.4. The van der Waals surface area contributed by atoms with Gasteiger partial charge in [0.25, 0.3) is 0 Å². The van der Waals surface area contributed by atoms with Crippen molar-refractivity contribution in [2.75, 3.05) is 26.3 Å².